The van der Waals surface area contributed by atoms with E-state index >= 15 is 0 Å². The molecule has 0 spiro atoms. The Balaban J connectivity index is 0.00000108. The number of nitrogens with zero attached hydrogens (tertiary/aromatic N) is 1. The molecule has 2 aromatic rings. The van der Waals surface area contributed by atoms with Gasteiger partial charge in [-0.2, -0.15) is 0 Å². The van der Waals surface area contributed by atoms with Gasteiger partial charge in [0.05, 0.1) is 5.02 Å². The van der Waals surface area contributed by atoms with Crippen LogP contribution in [0.1, 0.15) is 11.3 Å². The van der Waals surface area contributed by atoms with Crippen molar-refractivity contribution in [3.8, 4) is 11.3 Å². The standard InChI is InChI=1S/C12H12ClN3.ClH/c13-10-7-15-3-1-9(10)12-5-8-6-14-4-2-11(8)16-12;/h1,3,5,7,14,16H,2,4,6H2;1H. The van der Waals surface area contributed by atoms with Crippen LogP contribution >= 0.6 is 24.0 Å². The number of pyridine rings is 1. The quantitative estimate of drug-likeness (QED) is 0.836. The van der Waals surface area contributed by atoms with Crippen molar-refractivity contribution in [2.45, 2.75) is 13.0 Å². The largest absolute Gasteiger partial charge is 0.358 e. The van der Waals surface area contributed by atoms with Crippen molar-refractivity contribution < 1.29 is 0 Å². The van der Waals surface area contributed by atoms with E-state index in [0.29, 0.717) is 5.02 Å². The highest BCUT2D eigenvalue weighted by molar-refractivity contribution is 6.33. The highest BCUT2D eigenvalue weighted by Gasteiger charge is 2.14. The fourth-order valence-corrected chi connectivity index (χ4v) is 2.32. The van der Waals surface area contributed by atoms with Crippen LogP contribution in [0.25, 0.3) is 11.3 Å². The molecule has 0 fully saturated rings. The summed E-state index contributed by atoms with van der Waals surface area (Å²) in [6, 6.07) is 4.11. The number of fused-ring (bicyclic) bond motifs is 1. The van der Waals surface area contributed by atoms with Crippen LogP contribution in [0, 0.1) is 0 Å². The number of rotatable bonds is 1. The minimum atomic E-state index is 0. The molecule has 0 bridgehead atoms. The molecule has 2 N–H and O–H groups in total. The van der Waals surface area contributed by atoms with Gasteiger partial charge in [0.1, 0.15) is 0 Å². The van der Waals surface area contributed by atoms with Gasteiger partial charge in [-0.1, -0.05) is 11.6 Å². The van der Waals surface area contributed by atoms with Crippen LogP contribution < -0.4 is 5.32 Å². The molecule has 0 saturated carbocycles. The fourth-order valence-electron chi connectivity index (χ4n) is 2.10. The van der Waals surface area contributed by atoms with E-state index in [1.54, 1.807) is 12.4 Å². The van der Waals surface area contributed by atoms with Crippen LogP contribution in [0.3, 0.4) is 0 Å². The van der Waals surface area contributed by atoms with Crippen LogP contribution in [-0.2, 0) is 13.0 Å². The van der Waals surface area contributed by atoms with Crippen molar-refractivity contribution in [1.29, 1.82) is 0 Å². The Morgan fingerprint density at radius 3 is 3.00 bits per heavy atom. The summed E-state index contributed by atoms with van der Waals surface area (Å²) >= 11 is 6.12. The first-order chi connectivity index (χ1) is 7.84. The number of hydrogen-bond acceptors (Lipinski definition) is 2. The van der Waals surface area contributed by atoms with Crippen LogP contribution in [0.4, 0.5) is 0 Å². The number of H-pyrrole nitrogens is 1. The van der Waals surface area contributed by atoms with E-state index in [2.05, 4.69) is 21.4 Å². The van der Waals surface area contributed by atoms with Gasteiger partial charge in [0.15, 0.2) is 0 Å². The van der Waals surface area contributed by atoms with Crippen LogP contribution in [-0.4, -0.2) is 16.5 Å². The molecule has 0 aliphatic carbocycles. The van der Waals surface area contributed by atoms with E-state index in [1.807, 2.05) is 6.07 Å². The Morgan fingerprint density at radius 1 is 1.35 bits per heavy atom. The summed E-state index contributed by atoms with van der Waals surface area (Å²) in [6.45, 7) is 1.98. The number of aromatic amines is 1. The molecule has 0 atom stereocenters. The van der Waals surface area contributed by atoms with Crippen LogP contribution in [0.15, 0.2) is 24.5 Å². The fraction of sp³-hybridized carbons (Fsp3) is 0.250. The molecule has 0 unspecified atom stereocenters. The van der Waals surface area contributed by atoms with Crippen LogP contribution in [0.2, 0.25) is 5.02 Å². The van der Waals surface area contributed by atoms with E-state index in [0.717, 1.165) is 30.8 Å². The molecule has 1 aliphatic rings. The SMILES string of the molecule is Cl.Clc1cnccc1-c1cc2c([nH]1)CCNC2. The molecule has 2 aromatic heterocycles. The Hall–Kier alpha value is -1.03. The van der Waals surface area contributed by atoms with Gasteiger partial charge >= 0.3 is 0 Å². The van der Waals surface area contributed by atoms with Gasteiger partial charge in [-0.15, -0.1) is 12.4 Å². The third kappa shape index (κ3) is 2.32. The second-order valence-corrected chi connectivity index (χ2v) is 4.38. The smallest absolute Gasteiger partial charge is 0.0682 e. The van der Waals surface area contributed by atoms with Gasteiger partial charge in [0.2, 0.25) is 0 Å². The minimum absolute atomic E-state index is 0. The molecule has 5 heteroatoms. The highest BCUT2D eigenvalue weighted by atomic mass is 35.5. The summed E-state index contributed by atoms with van der Waals surface area (Å²) in [4.78, 5) is 7.43. The average Bonchev–Trinajstić information content (AvgIpc) is 2.73. The molecule has 17 heavy (non-hydrogen) atoms. The Labute approximate surface area is 111 Å². The minimum Gasteiger partial charge on any atom is -0.358 e. The molecule has 0 radical (unpaired) electrons. The summed E-state index contributed by atoms with van der Waals surface area (Å²) in [7, 11) is 0. The molecule has 3 nitrogen and oxygen atoms in total. The van der Waals surface area contributed by atoms with Crippen molar-refractivity contribution in [3.63, 3.8) is 0 Å². The van der Waals surface area contributed by atoms with Crippen molar-refractivity contribution >= 4 is 24.0 Å². The second kappa shape index (κ2) is 5.08. The maximum absolute atomic E-state index is 6.12. The monoisotopic (exact) mass is 269 g/mol. The van der Waals surface area contributed by atoms with Gasteiger partial charge in [-0.05, 0) is 17.7 Å². The molecule has 0 aromatic carbocycles. The lowest BCUT2D eigenvalue weighted by atomic mass is 10.1. The summed E-state index contributed by atoms with van der Waals surface area (Å²) < 4.78 is 0. The van der Waals surface area contributed by atoms with Crippen LogP contribution in [0.5, 0.6) is 0 Å². The molecule has 90 valence electrons. The van der Waals surface area contributed by atoms with Gasteiger partial charge in [-0.25, -0.2) is 0 Å². The molecule has 0 amide bonds. The maximum Gasteiger partial charge on any atom is 0.0682 e. The first-order valence-electron chi connectivity index (χ1n) is 5.36. The number of halogens is 2. The average molecular weight is 270 g/mol. The van der Waals surface area contributed by atoms with Gasteiger partial charge in [-0.3, -0.25) is 4.98 Å². The highest BCUT2D eigenvalue weighted by Crippen LogP contribution is 2.28. The van der Waals surface area contributed by atoms with Gasteiger partial charge in [0, 0.05) is 48.9 Å². The zero-order valence-electron chi connectivity index (χ0n) is 9.16. The first kappa shape index (κ1) is 12.4. The topological polar surface area (TPSA) is 40.7 Å². The Bertz CT molecular complexity index is 499. The predicted octanol–water partition coefficient (Wildman–Crippen LogP) is 2.80. The van der Waals surface area contributed by atoms with Gasteiger partial charge < -0.3 is 10.3 Å². The first-order valence-corrected chi connectivity index (χ1v) is 5.74. The summed E-state index contributed by atoms with van der Waals surface area (Å²) in [5.74, 6) is 0. The molecule has 0 saturated heterocycles. The van der Waals surface area contributed by atoms with Crippen molar-refractivity contribution in [2.75, 3.05) is 6.54 Å². The molecular weight excluding hydrogens is 257 g/mol. The normalized spacial score (nSPS) is 13.9. The third-order valence-corrected chi connectivity index (χ3v) is 3.22. The molecular formula is C12H13Cl2N3. The predicted molar refractivity (Wildman–Crippen MR) is 71.7 cm³/mol. The molecule has 3 rings (SSSR count). The zero-order chi connectivity index (χ0) is 11.0. The number of hydrogen-bond donors (Lipinski definition) is 2. The Kier molecular flexibility index (Phi) is 3.72. The maximum atomic E-state index is 6.12. The van der Waals surface area contributed by atoms with E-state index in [9.17, 15) is 0 Å². The molecule has 3 heterocycles. The van der Waals surface area contributed by atoms with Crippen molar-refractivity contribution in [1.82, 2.24) is 15.3 Å². The lowest BCUT2D eigenvalue weighted by Crippen LogP contribution is -2.22. The van der Waals surface area contributed by atoms with E-state index < -0.39 is 0 Å². The van der Waals surface area contributed by atoms with E-state index in [4.69, 9.17) is 11.6 Å². The summed E-state index contributed by atoms with van der Waals surface area (Å²) in [5, 5.41) is 4.04. The third-order valence-electron chi connectivity index (χ3n) is 2.92. The van der Waals surface area contributed by atoms with Gasteiger partial charge in [0.25, 0.3) is 0 Å². The molecule has 1 aliphatic heterocycles. The zero-order valence-corrected chi connectivity index (χ0v) is 10.7. The lowest BCUT2D eigenvalue weighted by molar-refractivity contribution is 0.638. The van der Waals surface area contributed by atoms with Crippen molar-refractivity contribution in [3.05, 3.63) is 40.8 Å². The van der Waals surface area contributed by atoms with E-state index in [-0.39, 0.29) is 12.4 Å². The second-order valence-electron chi connectivity index (χ2n) is 3.97. The summed E-state index contributed by atoms with van der Waals surface area (Å²) in [5.41, 5.74) is 4.77. The number of nitrogens with one attached hydrogen (secondary N) is 2. The lowest BCUT2D eigenvalue weighted by Gasteiger charge is -2.11. The Morgan fingerprint density at radius 2 is 2.24 bits per heavy atom. The summed E-state index contributed by atoms with van der Waals surface area (Å²) in [6.07, 6.45) is 4.49. The number of aromatic nitrogens is 2. The van der Waals surface area contributed by atoms with Crippen molar-refractivity contribution in [2.24, 2.45) is 0 Å². The van der Waals surface area contributed by atoms with E-state index in [1.165, 1.54) is 11.3 Å².